The second-order valence-corrected chi connectivity index (χ2v) is 8.30. The lowest BCUT2D eigenvalue weighted by Crippen LogP contribution is -2.59. The summed E-state index contributed by atoms with van der Waals surface area (Å²) in [6.45, 7) is 6.92. The molecule has 4 atom stereocenters. The molecule has 3 amide bonds. The second-order valence-electron chi connectivity index (χ2n) is 7.93. The van der Waals surface area contributed by atoms with Gasteiger partial charge in [0, 0.05) is 24.1 Å². The molecule has 0 saturated heterocycles. The number of H-pyrrole nitrogens is 1. The number of hydrogen-bond donors (Lipinski definition) is 7. The summed E-state index contributed by atoms with van der Waals surface area (Å²) in [5, 5.41) is 16.7. The molecule has 7 N–H and O–H groups in total. The third-order valence-electron chi connectivity index (χ3n) is 4.62. The fraction of sp³-hybridized carbons (Fsp3) is 0.632. The van der Waals surface area contributed by atoms with Crippen LogP contribution in [-0.4, -0.2) is 68.7 Å². The quantitative estimate of drug-likeness (QED) is 0.198. The standard InChI is InChI=1S/C19H32N6O5S/c1-9(2)14(17(27)23-13(7-31)19(29)30)25-18(28)15(10(3)4)24-16(26)12(20)5-11-6-21-8-22-11/h6,8-10,12-15,31H,5,7,20H2,1-4H3,(H,21,22)(H,23,27)(H,24,26)(H,25,28)(H,29,30). The molecule has 1 aromatic rings. The summed E-state index contributed by atoms with van der Waals surface area (Å²) in [6.07, 6.45) is 3.25. The van der Waals surface area contributed by atoms with Crippen molar-refractivity contribution in [3.63, 3.8) is 0 Å². The number of nitrogens with two attached hydrogens (primary N) is 1. The number of hydrogen-bond acceptors (Lipinski definition) is 7. The monoisotopic (exact) mass is 456 g/mol. The number of aliphatic carboxylic acids is 1. The van der Waals surface area contributed by atoms with E-state index in [4.69, 9.17) is 10.8 Å². The van der Waals surface area contributed by atoms with Crippen molar-refractivity contribution >= 4 is 36.3 Å². The van der Waals surface area contributed by atoms with Gasteiger partial charge in [-0.2, -0.15) is 12.6 Å². The topological polar surface area (TPSA) is 179 Å². The van der Waals surface area contributed by atoms with Crippen molar-refractivity contribution < 1.29 is 24.3 Å². The van der Waals surface area contributed by atoms with Crippen molar-refractivity contribution in [2.24, 2.45) is 17.6 Å². The van der Waals surface area contributed by atoms with Crippen LogP contribution in [0.15, 0.2) is 12.5 Å². The van der Waals surface area contributed by atoms with Crippen LogP contribution in [0.2, 0.25) is 0 Å². The maximum Gasteiger partial charge on any atom is 0.327 e. The van der Waals surface area contributed by atoms with Crippen LogP contribution < -0.4 is 21.7 Å². The average molecular weight is 457 g/mol. The first-order valence-corrected chi connectivity index (χ1v) is 10.6. The van der Waals surface area contributed by atoms with Crippen LogP contribution in [0.4, 0.5) is 0 Å². The Balaban J connectivity index is 2.83. The van der Waals surface area contributed by atoms with Crippen LogP contribution in [0.25, 0.3) is 0 Å². The summed E-state index contributed by atoms with van der Waals surface area (Å²) >= 11 is 3.92. The minimum absolute atomic E-state index is 0.0985. The number of rotatable bonds is 12. The van der Waals surface area contributed by atoms with Gasteiger partial charge in [-0.05, 0) is 11.8 Å². The molecule has 12 heteroatoms. The van der Waals surface area contributed by atoms with Crippen LogP contribution in [0.3, 0.4) is 0 Å². The summed E-state index contributed by atoms with van der Waals surface area (Å²) in [5.41, 5.74) is 6.62. The third-order valence-corrected chi connectivity index (χ3v) is 4.99. The van der Waals surface area contributed by atoms with Gasteiger partial charge in [-0.25, -0.2) is 9.78 Å². The summed E-state index contributed by atoms with van der Waals surface area (Å²) < 4.78 is 0. The zero-order valence-corrected chi connectivity index (χ0v) is 19.0. The molecule has 0 saturated carbocycles. The number of thiol groups is 1. The highest BCUT2D eigenvalue weighted by Gasteiger charge is 2.32. The largest absolute Gasteiger partial charge is 0.480 e. The van der Waals surface area contributed by atoms with E-state index in [0.717, 1.165) is 0 Å². The summed E-state index contributed by atoms with van der Waals surface area (Å²) in [7, 11) is 0. The number of aromatic amines is 1. The molecule has 4 unspecified atom stereocenters. The van der Waals surface area contributed by atoms with E-state index in [1.165, 1.54) is 6.33 Å². The number of carboxylic acids is 1. The predicted octanol–water partition coefficient (Wildman–Crippen LogP) is -0.940. The van der Waals surface area contributed by atoms with Gasteiger partial charge in [-0.15, -0.1) is 0 Å². The average Bonchev–Trinajstić information content (AvgIpc) is 3.19. The Hall–Kier alpha value is -2.60. The number of nitrogens with one attached hydrogen (secondary N) is 4. The van der Waals surface area contributed by atoms with Gasteiger partial charge in [-0.1, -0.05) is 27.7 Å². The Kier molecular flexibility index (Phi) is 10.5. The number of carbonyl (C=O) groups excluding carboxylic acids is 3. The van der Waals surface area contributed by atoms with Crippen LogP contribution in [-0.2, 0) is 25.6 Å². The van der Waals surface area contributed by atoms with Gasteiger partial charge in [0.25, 0.3) is 0 Å². The summed E-state index contributed by atoms with van der Waals surface area (Å²) in [5.74, 6) is -3.67. The van der Waals surface area contributed by atoms with Gasteiger partial charge in [0.05, 0.1) is 12.4 Å². The van der Waals surface area contributed by atoms with E-state index in [0.29, 0.717) is 5.69 Å². The van der Waals surface area contributed by atoms with Crippen molar-refractivity contribution in [2.45, 2.75) is 58.3 Å². The molecule has 174 valence electrons. The number of aromatic nitrogens is 2. The predicted molar refractivity (Wildman–Crippen MR) is 117 cm³/mol. The Morgan fingerprint density at radius 2 is 1.55 bits per heavy atom. The Morgan fingerprint density at radius 3 is 1.97 bits per heavy atom. The smallest absolute Gasteiger partial charge is 0.327 e. The first-order valence-electron chi connectivity index (χ1n) is 9.95. The molecule has 0 aromatic carbocycles. The fourth-order valence-electron chi connectivity index (χ4n) is 2.75. The maximum absolute atomic E-state index is 12.9. The summed E-state index contributed by atoms with van der Waals surface area (Å²) in [4.78, 5) is 55.8. The molecule has 0 bridgehead atoms. The lowest BCUT2D eigenvalue weighted by Gasteiger charge is -2.28. The zero-order chi connectivity index (χ0) is 23.7. The Labute approximate surface area is 186 Å². The van der Waals surface area contributed by atoms with Crippen LogP contribution in [0.1, 0.15) is 33.4 Å². The minimum atomic E-state index is -1.23. The summed E-state index contributed by atoms with van der Waals surface area (Å²) in [6, 6.07) is -4.01. The first kappa shape index (κ1) is 26.4. The van der Waals surface area contributed by atoms with Crippen molar-refractivity contribution in [3.05, 3.63) is 18.2 Å². The SMILES string of the molecule is CC(C)C(NC(=O)C(N)Cc1cnc[nH]1)C(=O)NC(C(=O)NC(CS)C(=O)O)C(C)C. The molecular formula is C19H32N6O5S. The van der Waals surface area contributed by atoms with Crippen molar-refractivity contribution in [1.29, 1.82) is 0 Å². The molecule has 0 aliphatic heterocycles. The molecule has 1 aromatic heterocycles. The maximum atomic E-state index is 12.9. The normalized spacial score (nSPS) is 15.1. The molecule has 0 aliphatic carbocycles. The molecule has 1 rings (SSSR count). The Morgan fingerprint density at radius 1 is 1.03 bits per heavy atom. The third kappa shape index (κ3) is 8.21. The van der Waals surface area contributed by atoms with Crippen LogP contribution in [0.5, 0.6) is 0 Å². The van der Waals surface area contributed by atoms with E-state index < -0.39 is 47.9 Å². The zero-order valence-electron chi connectivity index (χ0n) is 18.1. The number of imidazole rings is 1. The number of carbonyl (C=O) groups is 4. The first-order chi connectivity index (χ1) is 14.5. The lowest BCUT2D eigenvalue weighted by molar-refractivity contribution is -0.142. The van der Waals surface area contributed by atoms with Crippen molar-refractivity contribution in [1.82, 2.24) is 25.9 Å². The van der Waals surface area contributed by atoms with E-state index in [1.807, 2.05) is 0 Å². The molecule has 11 nitrogen and oxygen atoms in total. The van der Waals surface area contributed by atoms with Crippen LogP contribution >= 0.6 is 12.6 Å². The lowest BCUT2D eigenvalue weighted by atomic mass is 9.99. The van der Waals surface area contributed by atoms with E-state index in [-0.39, 0.29) is 24.0 Å². The minimum Gasteiger partial charge on any atom is -0.480 e. The highest BCUT2D eigenvalue weighted by Crippen LogP contribution is 2.08. The van der Waals surface area contributed by atoms with Gasteiger partial charge in [0.2, 0.25) is 17.7 Å². The number of carboxylic acid groups (broad SMARTS) is 1. The van der Waals surface area contributed by atoms with Gasteiger partial charge in [0.15, 0.2) is 0 Å². The van der Waals surface area contributed by atoms with Crippen LogP contribution in [0, 0.1) is 11.8 Å². The van der Waals surface area contributed by atoms with Gasteiger partial charge in [0.1, 0.15) is 18.1 Å². The van der Waals surface area contributed by atoms with E-state index in [9.17, 15) is 19.2 Å². The van der Waals surface area contributed by atoms with E-state index >= 15 is 0 Å². The fourth-order valence-corrected chi connectivity index (χ4v) is 2.99. The number of amides is 3. The number of nitrogens with zero attached hydrogens (tertiary/aromatic N) is 1. The van der Waals surface area contributed by atoms with Crippen molar-refractivity contribution in [3.8, 4) is 0 Å². The highest BCUT2D eigenvalue weighted by molar-refractivity contribution is 7.80. The van der Waals surface area contributed by atoms with Gasteiger partial charge < -0.3 is 31.8 Å². The highest BCUT2D eigenvalue weighted by atomic mass is 32.1. The second kappa shape index (κ2) is 12.3. The van der Waals surface area contributed by atoms with E-state index in [1.54, 1.807) is 33.9 Å². The molecule has 0 fully saturated rings. The molecular weight excluding hydrogens is 424 g/mol. The molecule has 1 heterocycles. The Bertz CT molecular complexity index is 755. The van der Waals surface area contributed by atoms with E-state index in [2.05, 4.69) is 38.5 Å². The molecule has 0 radical (unpaired) electrons. The molecule has 0 spiro atoms. The molecule has 0 aliphatic rings. The van der Waals surface area contributed by atoms with Gasteiger partial charge >= 0.3 is 5.97 Å². The van der Waals surface area contributed by atoms with Gasteiger partial charge in [-0.3, -0.25) is 14.4 Å². The molecule has 31 heavy (non-hydrogen) atoms. The van der Waals surface area contributed by atoms with Crippen molar-refractivity contribution in [2.75, 3.05) is 5.75 Å².